The van der Waals surface area contributed by atoms with Crippen molar-refractivity contribution in [3.05, 3.63) is 35.1 Å². The van der Waals surface area contributed by atoms with E-state index >= 15 is 0 Å². The molecule has 5 aliphatic rings. The molecule has 0 radical (unpaired) electrons. The van der Waals surface area contributed by atoms with Crippen molar-refractivity contribution in [3.63, 3.8) is 0 Å². The number of carbonyl (C=O) groups excluding carboxylic acids is 3. The molecule has 3 heterocycles. The van der Waals surface area contributed by atoms with Crippen LogP contribution in [-0.4, -0.2) is 85.4 Å². The van der Waals surface area contributed by atoms with Crippen LogP contribution in [0.2, 0.25) is 18.1 Å². The van der Waals surface area contributed by atoms with E-state index in [0.717, 1.165) is 17.7 Å². The average molecular weight is 643 g/mol. The number of nitrogens with zero attached hydrogens (tertiary/aromatic N) is 1. The second-order valence-corrected chi connectivity index (χ2v) is 20.0. The van der Waals surface area contributed by atoms with Crippen LogP contribution in [0.5, 0.6) is 11.5 Å². The molecule has 1 aromatic carbocycles. The van der Waals surface area contributed by atoms with Crippen LogP contribution < -0.4 is 14.5 Å². The monoisotopic (exact) mass is 642 g/mol. The number of amides is 1. The Hall–Kier alpha value is -2.93. The minimum Gasteiger partial charge on any atom is -0.541 e. The number of likely N-dealkylation sites (N-methyl/N-ethyl adjacent to an activating group) is 1. The largest absolute Gasteiger partial charge is 0.541 e. The zero-order chi connectivity index (χ0) is 32.9. The van der Waals surface area contributed by atoms with Gasteiger partial charge in [0.15, 0.2) is 18.0 Å². The normalized spacial score (nSPS) is 32.1. The summed E-state index contributed by atoms with van der Waals surface area (Å²) in [4.78, 5) is 40.4. The molecule has 11 nitrogen and oxygen atoms in total. The molecule has 12 heteroatoms. The molecule has 1 amide bonds. The van der Waals surface area contributed by atoms with Crippen molar-refractivity contribution in [2.75, 3.05) is 13.6 Å². The SMILES string of the molecule is CC(NC(=O)CC1OC(C)(C)OC1=O)C(=O)OC1=CCC2(O)C3Cc4ccc(O[Si](C)(C)C(C)(C)C)c5c4C2(CCN3C)C1O5. The Bertz CT molecular complexity index is 1480. The minimum atomic E-state index is -2.25. The van der Waals surface area contributed by atoms with Crippen molar-refractivity contribution in [2.45, 2.75) is 126 Å². The summed E-state index contributed by atoms with van der Waals surface area (Å²) in [6, 6.07) is 2.94. The molecule has 2 aliphatic carbocycles. The van der Waals surface area contributed by atoms with E-state index in [9.17, 15) is 19.5 Å². The maximum absolute atomic E-state index is 13.4. The predicted molar refractivity (Wildman–Crippen MR) is 166 cm³/mol. The zero-order valence-corrected chi connectivity index (χ0v) is 28.7. The number of ether oxygens (including phenoxy) is 4. The van der Waals surface area contributed by atoms with Gasteiger partial charge in [-0.3, -0.25) is 4.79 Å². The Balaban J connectivity index is 1.27. The van der Waals surface area contributed by atoms with Gasteiger partial charge >= 0.3 is 11.9 Å². The van der Waals surface area contributed by atoms with E-state index in [0.29, 0.717) is 30.1 Å². The highest BCUT2D eigenvalue weighted by molar-refractivity contribution is 6.74. The number of rotatable bonds is 7. The van der Waals surface area contributed by atoms with Crippen molar-refractivity contribution in [1.29, 1.82) is 0 Å². The molecule has 0 aromatic heterocycles. The zero-order valence-electron chi connectivity index (χ0n) is 27.7. The van der Waals surface area contributed by atoms with Crippen LogP contribution in [0.3, 0.4) is 0 Å². The number of benzene rings is 1. The standard InChI is InChI=1S/C33H46N2O9Si/c1-18(34-24(36)17-22-29(38)43-31(5,6)42-22)28(37)40-21-12-13-33(39)23-16-19-10-11-20(44-45(8,9)30(2,3)4)26-25(19)32(33,27(21)41-26)14-15-35(23)7/h10-12,18,22-23,27,39H,13-17H2,1-9H3,(H,34,36). The van der Waals surface area contributed by atoms with Gasteiger partial charge in [0.25, 0.3) is 8.32 Å². The molecule has 3 aliphatic heterocycles. The van der Waals surface area contributed by atoms with Gasteiger partial charge in [-0.2, -0.15) is 0 Å². The summed E-state index contributed by atoms with van der Waals surface area (Å²) >= 11 is 0. The van der Waals surface area contributed by atoms with Crippen LogP contribution in [0.4, 0.5) is 0 Å². The minimum absolute atomic E-state index is 0.0414. The summed E-state index contributed by atoms with van der Waals surface area (Å²) in [7, 11) is -0.202. The molecular weight excluding hydrogens is 596 g/mol. The third kappa shape index (κ3) is 4.90. The van der Waals surface area contributed by atoms with Gasteiger partial charge in [0, 0.05) is 31.9 Å². The van der Waals surface area contributed by atoms with Crippen LogP contribution in [0.15, 0.2) is 24.0 Å². The van der Waals surface area contributed by atoms with E-state index in [1.807, 2.05) is 13.1 Å². The number of likely N-dealkylation sites (tertiary alicyclic amines) is 1. The first-order valence-corrected chi connectivity index (χ1v) is 18.8. The van der Waals surface area contributed by atoms with Gasteiger partial charge in [-0.05, 0) is 69.2 Å². The molecule has 1 aromatic rings. The number of aliphatic hydroxyl groups is 1. The smallest absolute Gasteiger partial charge is 0.338 e. The van der Waals surface area contributed by atoms with Crippen molar-refractivity contribution < 1.29 is 42.9 Å². The molecule has 45 heavy (non-hydrogen) atoms. The Morgan fingerprint density at radius 1 is 1.24 bits per heavy atom. The lowest BCUT2D eigenvalue weighted by Crippen LogP contribution is -2.74. The second kappa shape index (κ2) is 10.3. The summed E-state index contributed by atoms with van der Waals surface area (Å²) in [6.45, 7) is 16.4. The van der Waals surface area contributed by atoms with Crippen LogP contribution in [0, 0.1) is 0 Å². The number of carbonyl (C=O) groups is 3. The fourth-order valence-corrected chi connectivity index (χ4v) is 8.53. The number of hydrogen-bond acceptors (Lipinski definition) is 10. The number of hydrogen-bond donors (Lipinski definition) is 2. The molecule has 2 fully saturated rings. The van der Waals surface area contributed by atoms with Crippen molar-refractivity contribution in [2.24, 2.45) is 0 Å². The molecule has 6 rings (SSSR count). The molecule has 0 saturated carbocycles. The molecule has 6 unspecified atom stereocenters. The molecule has 2 N–H and O–H groups in total. The lowest BCUT2D eigenvalue weighted by Gasteiger charge is -2.61. The molecular formula is C33H46N2O9Si. The Labute approximate surface area is 265 Å². The molecule has 246 valence electrons. The van der Waals surface area contributed by atoms with E-state index in [-0.39, 0.29) is 23.9 Å². The average Bonchev–Trinajstić information content (AvgIpc) is 3.40. The van der Waals surface area contributed by atoms with Crippen molar-refractivity contribution in [1.82, 2.24) is 10.2 Å². The summed E-state index contributed by atoms with van der Waals surface area (Å²) in [5.74, 6) is -1.35. The quantitative estimate of drug-likeness (QED) is 0.337. The fourth-order valence-electron chi connectivity index (χ4n) is 7.52. The van der Waals surface area contributed by atoms with E-state index in [1.54, 1.807) is 19.9 Å². The summed E-state index contributed by atoms with van der Waals surface area (Å²) in [5.41, 5.74) is 0.104. The molecule has 2 saturated heterocycles. The second-order valence-electron chi connectivity index (χ2n) is 15.3. The lowest BCUT2D eigenvalue weighted by molar-refractivity contribution is -0.170. The Morgan fingerprint density at radius 2 is 1.96 bits per heavy atom. The third-order valence-electron chi connectivity index (χ3n) is 10.9. The molecule has 2 bridgehead atoms. The lowest BCUT2D eigenvalue weighted by atomic mass is 9.50. The highest BCUT2D eigenvalue weighted by Gasteiger charge is 2.72. The third-order valence-corrected chi connectivity index (χ3v) is 15.2. The first-order valence-electron chi connectivity index (χ1n) is 15.9. The van der Waals surface area contributed by atoms with Gasteiger partial charge in [-0.15, -0.1) is 0 Å². The van der Waals surface area contributed by atoms with E-state index < -0.39 is 61.2 Å². The van der Waals surface area contributed by atoms with Crippen LogP contribution in [0.25, 0.3) is 0 Å². The fraction of sp³-hybridized carbons (Fsp3) is 0.667. The Kier molecular flexibility index (Phi) is 7.32. The summed E-state index contributed by atoms with van der Waals surface area (Å²) < 4.78 is 30.2. The van der Waals surface area contributed by atoms with Gasteiger partial charge in [0.1, 0.15) is 17.6 Å². The predicted octanol–water partition coefficient (Wildman–Crippen LogP) is 3.46. The van der Waals surface area contributed by atoms with Crippen molar-refractivity contribution in [3.8, 4) is 11.5 Å². The number of cyclic esters (lactones) is 1. The Morgan fingerprint density at radius 3 is 2.60 bits per heavy atom. The summed E-state index contributed by atoms with van der Waals surface area (Å²) in [6.07, 6.45) is 1.25. The van der Waals surface area contributed by atoms with Gasteiger partial charge < -0.3 is 38.7 Å². The van der Waals surface area contributed by atoms with Crippen LogP contribution in [0.1, 0.15) is 71.9 Å². The van der Waals surface area contributed by atoms with E-state index in [4.69, 9.17) is 23.4 Å². The van der Waals surface area contributed by atoms with Gasteiger partial charge in [0.05, 0.1) is 17.4 Å². The topological polar surface area (TPSA) is 133 Å². The maximum atomic E-state index is 13.4. The van der Waals surface area contributed by atoms with Crippen LogP contribution >= 0.6 is 0 Å². The number of nitrogens with one attached hydrogen (secondary N) is 1. The first-order chi connectivity index (χ1) is 20.8. The van der Waals surface area contributed by atoms with Crippen LogP contribution in [-0.2, 0) is 40.4 Å². The summed E-state index contributed by atoms with van der Waals surface area (Å²) in [5, 5.41) is 15.1. The van der Waals surface area contributed by atoms with E-state index in [2.05, 4.69) is 50.1 Å². The van der Waals surface area contributed by atoms with Gasteiger partial charge in [-0.1, -0.05) is 26.8 Å². The highest BCUT2D eigenvalue weighted by atomic mass is 28.4. The first kappa shape index (κ1) is 32.0. The van der Waals surface area contributed by atoms with Crippen molar-refractivity contribution >= 4 is 26.2 Å². The molecule has 6 atom stereocenters. The van der Waals surface area contributed by atoms with Gasteiger partial charge in [0.2, 0.25) is 11.7 Å². The maximum Gasteiger partial charge on any atom is 0.338 e. The van der Waals surface area contributed by atoms with E-state index in [1.165, 1.54) is 6.92 Å². The molecule has 1 spiro atoms. The highest BCUT2D eigenvalue weighted by Crippen LogP contribution is 2.65. The number of piperidine rings is 1. The number of esters is 2. The van der Waals surface area contributed by atoms with Gasteiger partial charge in [-0.25, -0.2) is 9.59 Å².